The van der Waals surface area contributed by atoms with Crippen molar-refractivity contribution in [2.24, 2.45) is 10.4 Å². The van der Waals surface area contributed by atoms with E-state index in [2.05, 4.69) is 53.7 Å². The summed E-state index contributed by atoms with van der Waals surface area (Å²) in [5.41, 5.74) is 2.96. The molecule has 35 heavy (non-hydrogen) atoms. The number of rotatable bonds is 6. The van der Waals surface area contributed by atoms with Gasteiger partial charge in [0.25, 0.3) is 0 Å². The van der Waals surface area contributed by atoms with E-state index in [1.807, 2.05) is 12.1 Å². The molecule has 3 saturated carbocycles. The molecule has 0 saturated heterocycles. The number of fused-ring (bicyclic) bond motifs is 3. The summed E-state index contributed by atoms with van der Waals surface area (Å²) in [7, 11) is 0. The van der Waals surface area contributed by atoms with Gasteiger partial charge in [0.1, 0.15) is 5.82 Å². The van der Waals surface area contributed by atoms with Gasteiger partial charge in [-0.2, -0.15) is 4.98 Å². The maximum Gasteiger partial charge on any atom is 0.232 e. The SMILES string of the molecule is CC(C)(C)c1noc(C23CCC(CNc4cccc(/C(C=N)=C5\N=CC(Cl)=CN5)c4)(CC2)CC3)n1. The summed E-state index contributed by atoms with van der Waals surface area (Å²) in [5.74, 6) is 2.27. The van der Waals surface area contributed by atoms with Crippen LogP contribution >= 0.6 is 11.6 Å². The Morgan fingerprint density at radius 1 is 1.20 bits per heavy atom. The summed E-state index contributed by atoms with van der Waals surface area (Å²) in [6, 6.07) is 8.19. The van der Waals surface area contributed by atoms with E-state index < -0.39 is 0 Å². The number of halogens is 1. The Bertz CT molecular complexity index is 1190. The summed E-state index contributed by atoms with van der Waals surface area (Å²) >= 11 is 5.96. The van der Waals surface area contributed by atoms with Gasteiger partial charge in [-0.3, -0.25) is 0 Å². The molecule has 3 aliphatic carbocycles. The van der Waals surface area contributed by atoms with Gasteiger partial charge in [-0.15, -0.1) is 0 Å². The molecule has 1 aromatic heterocycles. The van der Waals surface area contributed by atoms with Crippen LogP contribution in [0.5, 0.6) is 0 Å². The van der Waals surface area contributed by atoms with Gasteiger partial charge in [-0.25, -0.2) is 4.99 Å². The molecular weight excluding hydrogens is 460 g/mol. The summed E-state index contributed by atoms with van der Waals surface area (Å²) in [6.07, 6.45) is 11.4. The van der Waals surface area contributed by atoms with E-state index in [9.17, 15) is 0 Å². The molecule has 184 valence electrons. The van der Waals surface area contributed by atoms with Gasteiger partial charge < -0.3 is 20.6 Å². The lowest BCUT2D eigenvalue weighted by Gasteiger charge is -2.52. The zero-order valence-electron chi connectivity index (χ0n) is 20.6. The Labute approximate surface area is 211 Å². The Kier molecular flexibility index (Phi) is 6.08. The van der Waals surface area contributed by atoms with E-state index in [-0.39, 0.29) is 10.8 Å². The average Bonchev–Trinajstić information content (AvgIpc) is 3.38. The van der Waals surface area contributed by atoms with Crippen molar-refractivity contribution in [3.05, 3.63) is 58.6 Å². The third-order valence-corrected chi connectivity index (χ3v) is 8.06. The minimum atomic E-state index is -0.0966. The monoisotopic (exact) mass is 492 g/mol. The molecule has 2 bridgehead atoms. The lowest BCUT2D eigenvalue weighted by molar-refractivity contribution is 0.0322. The van der Waals surface area contributed by atoms with Gasteiger partial charge in [0, 0.05) is 47.3 Å². The number of nitrogens with one attached hydrogen (secondary N) is 3. The first kappa shape index (κ1) is 23.8. The summed E-state index contributed by atoms with van der Waals surface area (Å²) < 4.78 is 5.79. The van der Waals surface area contributed by atoms with Gasteiger partial charge >= 0.3 is 0 Å². The van der Waals surface area contributed by atoms with Crippen LogP contribution in [0.1, 0.15) is 76.6 Å². The van der Waals surface area contributed by atoms with E-state index in [0.29, 0.717) is 16.3 Å². The van der Waals surface area contributed by atoms with Crippen molar-refractivity contribution >= 4 is 35.3 Å². The van der Waals surface area contributed by atoms with Gasteiger partial charge in [0.15, 0.2) is 5.82 Å². The van der Waals surface area contributed by atoms with Crippen LogP contribution < -0.4 is 10.6 Å². The molecule has 8 heteroatoms. The Morgan fingerprint density at radius 3 is 2.54 bits per heavy atom. The van der Waals surface area contributed by atoms with E-state index in [1.165, 1.54) is 6.21 Å². The van der Waals surface area contributed by atoms with Crippen LogP contribution in [0.3, 0.4) is 0 Å². The van der Waals surface area contributed by atoms with E-state index >= 15 is 0 Å². The molecule has 0 spiro atoms. The second-order valence-electron chi connectivity index (χ2n) is 11.2. The molecular formula is C27H33ClN6O. The first-order valence-corrected chi connectivity index (χ1v) is 12.7. The number of hydrogen-bond acceptors (Lipinski definition) is 7. The third kappa shape index (κ3) is 4.66. The standard InChI is InChI=1S/C27H33ClN6O/c1-25(2,3)23-33-24(35-34-23)27-10-7-26(8-11-27,9-12-27)17-32-20-6-4-5-18(13-20)21(14-29)22-30-15-19(28)16-31-22/h4-6,13-16,29-30,32H,7-12,17H2,1-3H3/b22-21-,29-14?. The predicted molar refractivity (Wildman–Crippen MR) is 141 cm³/mol. The van der Waals surface area contributed by atoms with Gasteiger partial charge in [0.05, 0.1) is 5.03 Å². The Morgan fingerprint density at radius 2 is 1.94 bits per heavy atom. The topological polar surface area (TPSA) is 99.2 Å². The van der Waals surface area contributed by atoms with Crippen molar-refractivity contribution in [1.29, 1.82) is 5.41 Å². The molecule has 7 nitrogen and oxygen atoms in total. The molecule has 6 rings (SSSR count). The van der Waals surface area contributed by atoms with Crippen LogP contribution in [0, 0.1) is 10.8 Å². The van der Waals surface area contributed by atoms with Crippen molar-refractivity contribution in [1.82, 2.24) is 15.5 Å². The van der Waals surface area contributed by atoms with Crippen LogP contribution in [0.2, 0.25) is 0 Å². The normalized spacial score (nSPS) is 27.3. The van der Waals surface area contributed by atoms with Crippen molar-refractivity contribution < 1.29 is 4.52 Å². The average molecular weight is 493 g/mol. The van der Waals surface area contributed by atoms with Crippen molar-refractivity contribution in [2.75, 3.05) is 11.9 Å². The van der Waals surface area contributed by atoms with Crippen LogP contribution in [0.4, 0.5) is 5.69 Å². The minimum absolute atomic E-state index is 0.0497. The zero-order chi connectivity index (χ0) is 24.7. The number of anilines is 1. The van der Waals surface area contributed by atoms with Crippen molar-refractivity contribution in [3.8, 4) is 0 Å². The molecule has 3 N–H and O–H groups in total. The molecule has 2 heterocycles. The lowest BCUT2D eigenvalue weighted by atomic mass is 9.53. The molecule has 2 aromatic rings. The minimum Gasteiger partial charge on any atom is -0.384 e. The van der Waals surface area contributed by atoms with Crippen molar-refractivity contribution in [2.45, 2.75) is 70.1 Å². The molecule has 1 aliphatic heterocycles. The lowest BCUT2D eigenvalue weighted by Crippen LogP contribution is -2.47. The van der Waals surface area contributed by atoms with Gasteiger partial charge in [0.2, 0.25) is 5.89 Å². The fourth-order valence-electron chi connectivity index (χ4n) is 5.45. The Hall–Kier alpha value is -2.93. The molecule has 0 atom stereocenters. The second-order valence-corrected chi connectivity index (χ2v) is 11.7. The number of aromatic nitrogens is 2. The number of aliphatic imine (C=N–C) groups is 1. The van der Waals surface area contributed by atoms with E-state index in [4.69, 9.17) is 26.5 Å². The first-order valence-electron chi connectivity index (χ1n) is 12.3. The van der Waals surface area contributed by atoms with E-state index in [0.717, 1.165) is 73.6 Å². The van der Waals surface area contributed by atoms with Gasteiger partial charge in [-0.05, 0) is 61.6 Å². The maximum atomic E-state index is 7.92. The highest BCUT2D eigenvalue weighted by Crippen LogP contribution is 2.57. The fourth-order valence-corrected chi connectivity index (χ4v) is 5.56. The van der Waals surface area contributed by atoms with Crippen molar-refractivity contribution in [3.63, 3.8) is 0 Å². The largest absolute Gasteiger partial charge is 0.384 e. The summed E-state index contributed by atoms with van der Waals surface area (Å²) in [4.78, 5) is 9.16. The number of benzene rings is 1. The van der Waals surface area contributed by atoms with Gasteiger partial charge in [-0.1, -0.05) is 49.7 Å². The molecule has 0 radical (unpaired) electrons. The molecule has 4 aliphatic rings. The third-order valence-electron chi connectivity index (χ3n) is 7.86. The fraction of sp³-hybridized carbons (Fsp3) is 0.481. The highest BCUT2D eigenvalue weighted by molar-refractivity contribution is 6.39. The van der Waals surface area contributed by atoms with Crippen LogP contribution in [-0.2, 0) is 10.8 Å². The summed E-state index contributed by atoms with van der Waals surface area (Å²) in [5, 5.41) is 19.5. The van der Waals surface area contributed by atoms with Crippen LogP contribution in [-0.4, -0.2) is 29.1 Å². The molecule has 1 aromatic carbocycles. The number of nitrogens with zero attached hydrogens (tertiary/aromatic N) is 3. The molecule has 0 amide bonds. The number of hydrogen-bond donors (Lipinski definition) is 3. The van der Waals surface area contributed by atoms with Crippen LogP contribution in [0.25, 0.3) is 5.57 Å². The zero-order valence-corrected chi connectivity index (χ0v) is 21.4. The van der Waals surface area contributed by atoms with E-state index in [1.54, 1.807) is 12.4 Å². The Balaban J connectivity index is 1.26. The second kappa shape index (κ2) is 8.94. The highest BCUT2D eigenvalue weighted by Gasteiger charge is 2.52. The number of allylic oxidation sites excluding steroid dienone is 2. The molecule has 0 unspecified atom stereocenters. The maximum absolute atomic E-state index is 7.92. The smallest absolute Gasteiger partial charge is 0.232 e. The molecule has 3 fully saturated rings. The van der Waals surface area contributed by atoms with Crippen LogP contribution in [0.15, 0.2) is 50.8 Å². The summed E-state index contributed by atoms with van der Waals surface area (Å²) in [6.45, 7) is 7.31. The quantitative estimate of drug-likeness (QED) is 0.420. The predicted octanol–water partition coefficient (Wildman–Crippen LogP) is 6.14. The highest BCUT2D eigenvalue weighted by atomic mass is 35.5. The first-order chi connectivity index (χ1) is 16.7.